The molecule has 0 aromatic carbocycles. The van der Waals surface area contributed by atoms with Crippen molar-refractivity contribution in [3.63, 3.8) is 0 Å². The van der Waals surface area contributed by atoms with Gasteiger partial charge in [-0.25, -0.2) is 0 Å². The topological polar surface area (TPSA) is 46.0 Å². The van der Waals surface area contributed by atoms with Crippen molar-refractivity contribution < 1.29 is 18.3 Å². The van der Waals surface area contributed by atoms with Crippen LogP contribution >= 0.6 is 11.6 Å². The Morgan fingerprint density at radius 3 is 2.31 bits per heavy atom. The first-order valence-corrected chi connectivity index (χ1v) is 3.53. The van der Waals surface area contributed by atoms with Gasteiger partial charge in [-0.1, -0.05) is 11.6 Å². The molecule has 0 aliphatic rings. The maximum Gasteiger partial charge on any atom is 0.420 e. The molecule has 0 bridgehead atoms. The Morgan fingerprint density at radius 2 is 1.92 bits per heavy atom. The molecular formula is C6H4ClF3N2O. The number of hydrogen-bond acceptors (Lipinski definition) is 3. The normalized spacial score (nSPS) is 14.2. The second kappa shape index (κ2) is 3.47. The minimum absolute atomic E-state index is 0.0295. The van der Waals surface area contributed by atoms with Crippen molar-refractivity contribution in [3.8, 4) is 0 Å². The van der Waals surface area contributed by atoms with Crippen molar-refractivity contribution in [2.75, 3.05) is 0 Å². The van der Waals surface area contributed by atoms with Crippen molar-refractivity contribution in [1.29, 1.82) is 0 Å². The highest BCUT2D eigenvalue weighted by molar-refractivity contribution is 6.29. The number of aromatic nitrogens is 2. The van der Waals surface area contributed by atoms with E-state index in [1.54, 1.807) is 0 Å². The van der Waals surface area contributed by atoms with Crippen LogP contribution in [0.1, 0.15) is 11.8 Å². The molecule has 1 rings (SSSR count). The highest BCUT2D eigenvalue weighted by Crippen LogP contribution is 2.30. The van der Waals surface area contributed by atoms with Gasteiger partial charge in [0.05, 0.1) is 0 Å². The third-order valence-electron chi connectivity index (χ3n) is 1.24. The summed E-state index contributed by atoms with van der Waals surface area (Å²) in [6.07, 6.45) is -7.35. The lowest BCUT2D eigenvalue weighted by Crippen LogP contribution is -2.21. The number of aliphatic hydroxyl groups is 1. The first-order chi connectivity index (χ1) is 5.91. The Balaban J connectivity index is 2.90. The Kier molecular flexibility index (Phi) is 2.72. The Hall–Kier alpha value is -0.880. The molecule has 7 heteroatoms. The van der Waals surface area contributed by atoms with Gasteiger partial charge in [0.15, 0.2) is 11.3 Å². The van der Waals surface area contributed by atoms with Gasteiger partial charge in [-0.3, -0.25) is 0 Å². The van der Waals surface area contributed by atoms with E-state index in [9.17, 15) is 13.2 Å². The standard InChI is InChI=1S/C6H4ClF3N2O/c7-4-2-1-3(11-12-4)5(13)6(8,9)10/h1-2,5,13H/t5-/m0/s1. The number of hydrogen-bond donors (Lipinski definition) is 1. The van der Waals surface area contributed by atoms with Crippen molar-refractivity contribution in [2.45, 2.75) is 12.3 Å². The fourth-order valence-corrected chi connectivity index (χ4v) is 0.741. The van der Waals surface area contributed by atoms with Crippen molar-refractivity contribution in [2.24, 2.45) is 0 Å². The van der Waals surface area contributed by atoms with Crippen molar-refractivity contribution >= 4 is 11.6 Å². The Bertz CT molecular complexity index is 287. The number of aliphatic hydroxyl groups excluding tert-OH is 1. The molecule has 0 saturated heterocycles. The molecule has 13 heavy (non-hydrogen) atoms. The number of halogens is 4. The largest absolute Gasteiger partial charge is 0.420 e. The maximum absolute atomic E-state index is 11.9. The average Bonchev–Trinajstić information content (AvgIpc) is 2.03. The molecule has 1 aromatic heterocycles. The molecule has 0 unspecified atom stereocenters. The van der Waals surface area contributed by atoms with E-state index in [1.807, 2.05) is 0 Å². The highest BCUT2D eigenvalue weighted by atomic mass is 35.5. The van der Waals surface area contributed by atoms with E-state index in [0.29, 0.717) is 0 Å². The zero-order valence-electron chi connectivity index (χ0n) is 6.09. The second-order valence-corrected chi connectivity index (χ2v) is 2.61. The first-order valence-electron chi connectivity index (χ1n) is 3.15. The van der Waals surface area contributed by atoms with E-state index < -0.39 is 18.0 Å². The molecule has 0 radical (unpaired) electrons. The third kappa shape index (κ3) is 2.53. The van der Waals surface area contributed by atoms with Crippen LogP contribution < -0.4 is 0 Å². The van der Waals surface area contributed by atoms with Crippen LogP contribution in [-0.2, 0) is 0 Å². The summed E-state index contributed by atoms with van der Waals surface area (Å²) >= 11 is 5.29. The smallest absolute Gasteiger partial charge is 0.378 e. The molecule has 0 aliphatic carbocycles. The predicted octanol–water partition coefficient (Wildman–Crippen LogP) is 1.73. The molecule has 0 fully saturated rings. The number of rotatable bonds is 1. The summed E-state index contributed by atoms with van der Waals surface area (Å²) in [4.78, 5) is 0. The third-order valence-corrected chi connectivity index (χ3v) is 1.44. The zero-order chi connectivity index (χ0) is 10.1. The van der Waals surface area contributed by atoms with E-state index in [4.69, 9.17) is 16.7 Å². The van der Waals surface area contributed by atoms with Gasteiger partial charge in [-0.15, -0.1) is 5.10 Å². The molecule has 0 amide bonds. The fourth-order valence-electron chi connectivity index (χ4n) is 0.640. The van der Waals surface area contributed by atoms with Crippen LogP contribution in [0.15, 0.2) is 12.1 Å². The summed E-state index contributed by atoms with van der Waals surface area (Å²) in [7, 11) is 0. The SMILES string of the molecule is O[C@@H](c1ccc(Cl)nn1)C(F)(F)F. The first kappa shape index (κ1) is 10.2. The lowest BCUT2D eigenvalue weighted by atomic mass is 10.2. The van der Waals surface area contributed by atoms with Crippen LogP contribution in [0, 0.1) is 0 Å². The van der Waals surface area contributed by atoms with Crippen LogP contribution in [0.25, 0.3) is 0 Å². The average molecular weight is 213 g/mol. The highest BCUT2D eigenvalue weighted by Gasteiger charge is 2.40. The molecule has 1 N–H and O–H groups in total. The van der Waals surface area contributed by atoms with Crippen LogP contribution in [0.4, 0.5) is 13.2 Å². The lowest BCUT2D eigenvalue weighted by Gasteiger charge is -2.12. The maximum atomic E-state index is 11.9. The zero-order valence-corrected chi connectivity index (χ0v) is 6.84. The van der Waals surface area contributed by atoms with Gasteiger partial charge in [0.1, 0.15) is 5.69 Å². The van der Waals surface area contributed by atoms with Crippen LogP contribution in [0.3, 0.4) is 0 Å². The van der Waals surface area contributed by atoms with E-state index in [1.165, 1.54) is 0 Å². The van der Waals surface area contributed by atoms with Crippen LogP contribution in [0.5, 0.6) is 0 Å². The number of alkyl halides is 3. The number of nitrogens with zero attached hydrogens (tertiary/aromatic N) is 2. The van der Waals surface area contributed by atoms with Crippen molar-refractivity contribution in [3.05, 3.63) is 23.0 Å². The van der Waals surface area contributed by atoms with Gasteiger partial charge in [-0.05, 0) is 12.1 Å². The molecule has 1 aromatic rings. The second-order valence-electron chi connectivity index (χ2n) is 2.23. The van der Waals surface area contributed by atoms with Crippen LogP contribution in [-0.4, -0.2) is 21.5 Å². The van der Waals surface area contributed by atoms with E-state index in [0.717, 1.165) is 12.1 Å². The molecule has 0 saturated carbocycles. The monoisotopic (exact) mass is 212 g/mol. The van der Waals surface area contributed by atoms with Gasteiger partial charge in [0.25, 0.3) is 0 Å². The Labute approximate surface area is 76.2 Å². The van der Waals surface area contributed by atoms with Gasteiger partial charge in [-0.2, -0.15) is 18.3 Å². The Morgan fingerprint density at radius 1 is 1.31 bits per heavy atom. The van der Waals surface area contributed by atoms with Crippen molar-refractivity contribution in [1.82, 2.24) is 10.2 Å². The minimum atomic E-state index is -4.73. The quantitative estimate of drug-likeness (QED) is 0.771. The molecule has 0 spiro atoms. The molecule has 1 heterocycles. The summed E-state index contributed by atoms with van der Waals surface area (Å²) < 4.78 is 35.7. The molecule has 0 aliphatic heterocycles. The summed E-state index contributed by atoms with van der Waals surface area (Å²) in [5, 5.41) is 14.9. The van der Waals surface area contributed by atoms with Gasteiger partial charge in [0.2, 0.25) is 0 Å². The van der Waals surface area contributed by atoms with Gasteiger partial charge in [0, 0.05) is 0 Å². The lowest BCUT2D eigenvalue weighted by molar-refractivity contribution is -0.208. The molecule has 3 nitrogen and oxygen atoms in total. The van der Waals surface area contributed by atoms with Gasteiger partial charge >= 0.3 is 6.18 Å². The summed E-state index contributed by atoms with van der Waals surface area (Å²) in [6, 6.07) is 2.09. The van der Waals surface area contributed by atoms with E-state index in [2.05, 4.69) is 10.2 Å². The van der Waals surface area contributed by atoms with E-state index in [-0.39, 0.29) is 5.15 Å². The van der Waals surface area contributed by atoms with E-state index >= 15 is 0 Å². The van der Waals surface area contributed by atoms with Crippen LogP contribution in [0.2, 0.25) is 5.15 Å². The predicted molar refractivity (Wildman–Crippen MR) is 38.1 cm³/mol. The minimum Gasteiger partial charge on any atom is -0.378 e. The molecule has 72 valence electrons. The fraction of sp³-hybridized carbons (Fsp3) is 0.333. The molecule has 1 atom stereocenters. The summed E-state index contributed by atoms with van der Waals surface area (Å²) in [6.45, 7) is 0. The summed E-state index contributed by atoms with van der Waals surface area (Å²) in [5.41, 5.74) is -0.572. The molecular weight excluding hydrogens is 209 g/mol. The summed E-state index contributed by atoms with van der Waals surface area (Å²) in [5.74, 6) is 0. The van der Waals surface area contributed by atoms with Gasteiger partial charge < -0.3 is 5.11 Å².